The fourth-order valence-corrected chi connectivity index (χ4v) is 3.01. The van der Waals surface area contributed by atoms with E-state index in [0.29, 0.717) is 5.56 Å². The van der Waals surface area contributed by atoms with Crippen molar-refractivity contribution in [3.8, 4) is 0 Å². The zero-order valence-electron chi connectivity index (χ0n) is 12.4. The largest absolute Gasteiger partial charge is 0.385 e. The van der Waals surface area contributed by atoms with Crippen LogP contribution in [0.25, 0.3) is 0 Å². The first kappa shape index (κ1) is 14.8. The van der Waals surface area contributed by atoms with Crippen LogP contribution in [0.5, 0.6) is 0 Å². The van der Waals surface area contributed by atoms with Crippen molar-refractivity contribution >= 4 is 11.4 Å². The molecule has 0 amide bonds. The molecule has 1 saturated carbocycles. The third kappa shape index (κ3) is 3.95. The minimum absolute atomic E-state index is 0.191. The Morgan fingerprint density at radius 1 is 1.30 bits per heavy atom. The smallest absolute Gasteiger partial charge is 0.272 e. The molecule has 1 aliphatic carbocycles. The lowest BCUT2D eigenvalue weighted by Crippen LogP contribution is -2.15. The van der Waals surface area contributed by atoms with E-state index < -0.39 is 0 Å². The number of hydrogen-bond acceptors (Lipinski definition) is 3. The molecule has 0 atom stereocenters. The number of hydrogen-bond donors (Lipinski definition) is 1. The Morgan fingerprint density at radius 3 is 2.60 bits per heavy atom. The van der Waals surface area contributed by atoms with Gasteiger partial charge < -0.3 is 5.32 Å². The van der Waals surface area contributed by atoms with Crippen molar-refractivity contribution in [3.63, 3.8) is 0 Å². The minimum atomic E-state index is -0.331. The van der Waals surface area contributed by atoms with Crippen LogP contribution in [-0.2, 0) is 0 Å². The van der Waals surface area contributed by atoms with Gasteiger partial charge in [-0.3, -0.25) is 10.1 Å². The maximum absolute atomic E-state index is 10.8. The van der Waals surface area contributed by atoms with E-state index in [2.05, 4.69) is 12.2 Å². The molecule has 4 heteroatoms. The van der Waals surface area contributed by atoms with Crippen LogP contribution < -0.4 is 5.32 Å². The van der Waals surface area contributed by atoms with E-state index in [-0.39, 0.29) is 10.6 Å². The van der Waals surface area contributed by atoms with Crippen LogP contribution in [0.4, 0.5) is 11.4 Å². The normalized spacial score (nSPS) is 22.5. The second-order valence-electron chi connectivity index (χ2n) is 6.10. The van der Waals surface area contributed by atoms with Crippen molar-refractivity contribution in [3.05, 3.63) is 33.9 Å². The molecule has 1 N–H and O–H groups in total. The Labute approximate surface area is 120 Å². The Kier molecular flexibility index (Phi) is 4.99. The lowest BCUT2D eigenvalue weighted by molar-refractivity contribution is -0.385. The van der Waals surface area contributed by atoms with E-state index >= 15 is 0 Å². The molecule has 110 valence electrons. The van der Waals surface area contributed by atoms with Gasteiger partial charge in [0.15, 0.2) is 0 Å². The molecule has 0 spiro atoms. The first-order valence-corrected chi connectivity index (χ1v) is 7.55. The minimum Gasteiger partial charge on any atom is -0.385 e. The van der Waals surface area contributed by atoms with Gasteiger partial charge in [-0.25, -0.2) is 0 Å². The van der Waals surface area contributed by atoms with Gasteiger partial charge in [-0.1, -0.05) is 32.6 Å². The predicted octanol–water partition coefficient (Wildman–Crippen LogP) is 4.53. The summed E-state index contributed by atoms with van der Waals surface area (Å²) in [4.78, 5) is 10.4. The second-order valence-corrected chi connectivity index (χ2v) is 6.10. The Balaban J connectivity index is 1.79. The summed E-state index contributed by atoms with van der Waals surface area (Å²) in [6.07, 6.45) is 6.62. The van der Waals surface area contributed by atoms with Crippen LogP contribution in [0.15, 0.2) is 18.2 Å². The summed E-state index contributed by atoms with van der Waals surface area (Å²) in [6.45, 7) is 5.08. The summed E-state index contributed by atoms with van der Waals surface area (Å²) in [5.41, 5.74) is 1.89. The van der Waals surface area contributed by atoms with Crippen molar-refractivity contribution < 1.29 is 4.92 Å². The first-order chi connectivity index (χ1) is 9.56. The third-order valence-electron chi connectivity index (χ3n) is 4.41. The van der Waals surface area contributed by atoms with Crippen molar-refractivity contribution in [2.45, 2.75) is 46.0 Å². The maximum Gasteiger partial charge on any atom is 0.272 e. The molecule has 0 saturated heterocycles. The molecule has 1 aromatic rings. The molecule has 0 unspecified atom stereocenters. The van der Waals surface area contributed by atoms with Crippen LogP contribution in [0.2, 0.25) is 0 Å². The Bertz CT molecular complexity index is 466. The number of nitrogens with one attached hydrogen (secondary N) is 1. The van der Waals surface area contributed by atoms with Crippen LogP contribution in [0, 0.1) is 28.9 Å². The summed E-state index contributed by atoms with van der Waals surface area (Å²) in [5.74, 6) is 1.74. The van der Waals surface area contributed by atoms with E-state index in [4.69, 9.17) is 0 Å². The van der Waals surface area contributed by atoms with Crippen LogP contribution >= 0.6 is 0 Å². The number of rotatable bonds is 5. The van der Waals surface area contributed by atoms with Gasteiger partial charge in [-0.05, 0) is 37.3 Å². The molecule has 0 aliphatic heterocycles. The standard InChI is InChI=1S/C16H24N2O2/c1-12-3-5-14(6-4-12)9-10-17-15-7-8-16(18(19)20)13(2)11-15/h7-8,11-12,14,17H,3-6,9-10H2,1-2H3. The highest BCUT2D eigenvalue weighted by Crippen LogP contribution is 2.30. The van der Waals surface area contributed by atoms with Crippen molar-refractivity contribution in [2.24, 2.45) is 11.8 Å². The van der Waals surface area contributed by atoms with Crippen LogP contribution in [0.3, 0.4) is 0 Å². The monoisotopic (exact) mass is 276 g/mol. The average Bonchev–Trinajstić information content (AvgIpc) is 2.41. The summed E-state index contributed by atoms with van der Waals surface area (Å²) in [5, 5.41) is 14.2. The summed E-state index contributed by atoms with van der Waals surface area (Å²) in [6, 6.07) is 5.25. The van der Waals surface area contributed by atoms with Gasteiger partial charge in [0.1, 0.15) is 0 Å². The van der Waals surface area contributed by atoms with Crippen molar-refractivity contribution in [2.75, 3.05) is 11.9 Å². The lowest BCUT2D eigenvalue weighted by Gasteiger charge is -2.26. The summed E-state index contributed by atoms with van der Waals surface area (Å²) >= 11 is 0. The SMILES string of the molecule is Cc1cc(NCCC2CCC(C)CC2)ccc1[N+](=O)[O-]. The first-order valence-electron chi connectivity index (χ1n) is 7.55. The predicted molar refractivity (Wildman–Crippen MR) is 82.1 cm³/mol. The highest BCUT2D eigenvalue weighted by Gasteiger charge is 2.17. The highest BCUT2D eigenvalue weighted by atomic mass is 16.6. The quantitative estimate of drug-likeness (QED) is 0.635. The van der Waals surface area contributed by atoms with Gasteiger partial charge in [0.05, 0.1) is 4.92 Å². The van der Waals surface area contributed by atoms with Gasteiger partial charge >= 0.3 is 0 Å². The molecule has 0 heterocycles. The molecule has 1 fully saturated rings. The Hall–Kier alpha value is -1.58. The number of aryl methyl sites for hydroxylation is 1. The van der Waals surface area contributed by atoms with Gasteiger partial charge in [0.2, 0.25) is 0 Å². The van der Waals surface area contributed by atoms with Crippen LogP contribution in [-0.4, -0.2) is 11.5 Å². The number of anilines is 1. The zero-order valence-corrected chi connectivity index (χ0v) is 12.4. The fourth-order valence-electron chi connectivity index (χ4n) is 3.01. The summed E-state index contributed by atoms with van der Waals surface area (Å²) < 4.78 is 0. The molecule has 20 heavy (non-hydrogen) atoms. The Morgan fingerprint density at radius 2 is 2.00 bits per heavy atom. The van der Waals surface area contributed by atoms with E-state index in [9.17, 15) is 10.1 Å². The van der Waals surface area contributed by atoms with E-state index in [1.807, 2.05) is 6.07 Å². The number of nitro groups is 1. The molecule has 1 aliphatic rings. The summed E-state index contributed by atoms with van der Waals surface area (Å²) in [7, 11) is 0. The second kappa shape index (κ2) is 6.73. The van der Waals surface area contributed by atoms with Crippen molar-refractivity contribution in [1.29, 1.82) is 0 Å². The van der Waals surface area contributed by atoms with E-state index in [1.165, 1.54) is 32.1 Å². The molecular formula is C16H24N2O2. The van der Waals surface area contributed by atoms with E-state index in [0.717, 1.165) is 24.1 Å². The molecule has 0 aromatic heterocycles. The lowest BCUT2D eigenvalue weighted by atomic mass is 9.81. The zero-order chi connectivity index (χ0) is 14.5. The molecule has 1 aromatic carbocycles. The van der Waals surface area contributed by atoms with Gasteiger partial charge in [-0.2, -0.15) is 0 Å². The van der Waals surface area contributed by atoms with E-state index in [1.54, 1.807) is 19.1 Å². The number of nitrogens with zero attached hydrogens (tertiary/aromatic N) is 1. The molecule has 0 bridgehead atoms. The van der Waals surface area contributed by atoms with Gasteiger partial charge in [-0.15, -0.1) is 0 Å². The molecular weight excluding hydrogens is 252 g/mol. The third-order valence-corrected chi connectivity index (χ3v) is 4.41. The molecule has 0 radical (unpaired) electrons. The topological polar surface area (TPSA) is 55.2 Å². The van der Waals surface area contributed by atoms with Gasteiger partial charge in [0, 0.05) is 23.9 Å². The van der Waals surface area contributed by atoms with Crippen molar-refractivity contribution in [1.82, 2.24) is 0 Å². The number of benzene rings is 1. The van der Waals surface area contributed by atoms with Crippen LogP contribution in [0.1, 0.15) is 44.6 Å². The maximum atomic E-state index is 10.8. The van der Waals surface area contributed by atoms with Gasteiger partial charge in [0.25, 0.3) is 5.69 Å². The highest BCUT2D eigenvalue weighted by molar-refractivity contribution is 5.53. The fraction of sp³-hybridized carbons (Fsp3) is 0.625. The number of nitro benzene ring substituents is 1. The molecule has 4 nitrogen and oxygen atoms in total. The molecule has 2 rings (SSSR count). The average molecular weight is 276 g/mol.